The van der Waals surface area contributed by atoms with Gasteiger partial charge in [-0.25, -0.2) is 13.1 Å². The molecule has 0 aliphatic carbocycles. The lowest BCUT2D eigenvalue weighted by molar-refractivity contribution is 0.425. The maximum absolute atomic E-state index is 12.0. The summed E-state index contributed by atoms with van der Waals surface area (Å²) in [5, 5.41) is 4.11. The zero-order chi connectivity index (χ0) is 20.1. The first-order valence-corrected chi connectivity index (χ1v) is 11.8. The molecule has 0 spiro atoms. The lowest BCUT2D eigenvalue weighted by atomic mass is 9.96. The van der Waals surface area contributed by atoms with Crippen LogP contribution in [0.25, 0.3) is 11.3 Å². The molecule has 7 heteroatoms. The second kappa shape index (κ2) is 9.03. The van der Waals surface area contributed by atoms with Crippen LogP contribution in [0.4, 0.5) is 0 Å². The van der Waals surface area contributed by atoms with Crippen LogP contribution in [0.3, 0.4) is 0 Å². The third kappa shape index (κ3) is 5.53. The van der Waals surface area contributed by atoms with Crippen LogP contribution in [0.1, 0.15) is 35.7 Å². The van der Waals surface area contributed by atoms with E-state index in [9.17, 15) is 8.42 Å². The van der Waals surface area contributed by atoms with Crippen molar-refractivity contribution in [2.45, 2.75) is 32.2 Å². The smallest absolute Gasteiger partial charge is 0.209 e. The van der Waals surface area contributed by atoms with E-state index in [1.54, 1.807) is 0 Å². The van der Waals surface area contributed by atoms with Crippen LogP contribution in [0.5, 0.6) is 0 Å². The van der Waals surface area contributed by atoms with Crippen LogP contribution < -0.4 is 4.72 Å². The summed E-state index contributed by atoms with van der Waals surface area (Å²) in [5.41, 5.74) is 3.58. The zero-order valence-electron chi connectivity index (χ0n) is 15.9. The first kappa shape index (κ1) is 20.8. The standard InChI is InChI=1S/C21H23BrN2O3S/c1-15-20(21(27-23-15)17-11-13-18(22)14-12-17)19(24-28(2,25)26)10-6-9-16-7-4-3-5-8-16/h3-5,7-8,11-14,19,24H,6,9-10H2,1-2H3. The quantitative estimate of drug-likeness (QED) is 0.509. The lowest BCUT2D eigenvalue weighted by Gasteiger charge is -2.18. The van der Waals surface area contributed by atoms with Gasteiger partial charge >= 0.3 is 0 Å². The van der Waals surface area contributed by atoms with Gasteiger partial charge < -0.3 is 4.52 Å². The summed E-state index contributed by atoms with van der Waals surface area (Å²) < 4.78 is 33.3. The maximum atomic E-state index is 12.0. The molecule has 1 N–H and O–H groups in total. The molecule has 0 saturated carbocycles. The van der Waals surface area contributed by atoms with Gasteiger partial charge in [0.2, 0.25) is 10.0 Å². The molecule has 3 aromatic rings. The summed E-state index contributed by atoms with van der Waals surface area (Å²) in [4.78, 5) is 0. The summed E-state index contributed by atoms with van der Waals surface area (Å²) in [6.07, 6.45) is 3.54. The summed E-state index contributed by atoms with van der Waals surface area (Å²) >= 11 is 3.43. The third-order valence-electron chi connectivity index (χ3n) is 4.52. The normalized spacial score (nSPS) is 12.8. The van der Waals surface area contributed by atoms with Crippen molar-refractivity contribution >= 4 is 26.0 Å². The Kier molecular flexibility index (Phi) is 6.69. The highest BCUT2D eigenvalue weighted by atomic mass is 79.9. The van der Waals surface area contributed by atoms with Gasteiger partial charge in [-0.05, 0) is 43.9 Å². The van der Waals surface area contributed by atoms with E-state index >= 15 is 0 Å². The fourth-order valence-corrected chi connectivity index (χ4v) is 4.29. The van der Waals surface area contributed by atoms with Gasteiger partial charge in [0.05, 0.1) is 18.0 Å². The number of hydrogen-bond donors (Lipinski definition) is 1. The minimum Gasteiger partial charge on any atom is -0.356 e. The molecule has 0 radical (unpaired) electrons. The van der Waals surface area contributed by atoms with Crippen molar-refractivity contribution in [1.82, 2.24) is 9.88 Å². The molecule has 1 unspecified atom stereocenters. The highest BCUT2D eigenvalue weighted by Gasteiger charge is 2.26. The van der Waals surface area contributed by atoms with E-state index in [1.807, 2.05) is 49.4 Å². The molecule has 0 aliphatic heterocycles. The predicted octanol–water partition coefficient (Wildman–Crippen LogP) is 5.03. The van der Waals surface area contributed by atoms with Crippen LogP contribution in [-0.4, -0.2) is 19.8 Å². The first-order chi connectivity index (χ1) is 13.3. The van der Waals surface area contributed by atoms with E-state index < -0.39 is 16.1 Å². The zero-order valence-corrected chi connectivity index (χ0v) is 18.3. The van der Waals surface area contributed by atoms with Crippen molar-refractivity contribution in [3.05, 3.63) is 75.9 Å². The van der Waals surface area contributed by atoms with Gasteiger partial charge in [-0.2, -0.15) is 0 Å². The van der Waals surface area contributed by atoms with Gasteiger partial charge in [-0.1, -0.05) is 63.6 Å². The fraction of sp³-hybridized carbons (Fsp3) is 0.286. The number of nitrogens with zero attached hydrogens (tertiary/aromatic N) is 1. The topological polar surface area (TPSA) is 72.2 Å². The molecule has 0 fully saturated rings. The highest BCUT2D eigenvalue weighted by molar-refractivity contribution is 9.10. The van der Waals surface area contributed by atoms with Gasteiger partial charge in [0.15, 0.2) is 5.76 Å². The molecule has 3 rings (SSSR count). The average molecular weight is 463 g/mol. The molecule has 5 nitrogen and oxygen atoms in total. The molecule has 1 aromatic heterocycles. The molecular formula is C21H23BrN2O3S. The van der Waals surface area contributed by atoms with E-state index in [2.05, 4.69) is 37.9 Å². The SMILES string of the molecule is Cc1noc(-c2ccc(Br)cc2)c1C(CCCc1ccccc1)NS(C)(=O)=O. The number of sulfonamides is 1. The molecule has 0 amide bonds. The van der Waals surface area contributed by atoms with E-state index in [-0.39, 0.29) is 0 Å². The van der Waals surface area contributed by atoms with Gasteiger partial charge in [-0.3, -0.25) is 0 Å². The fourth-order valence-electron chi connectivity index (χ4n) is 3.27. The summed E-state index contributed by atoms with van der Waals surface area (Å²) in [7, 11) is -3.39. The predicted molar refractivity (Wildman–Crippen MR) is 114 cm³/mol. The Morgan fingerprint density at radius 1 is 1.11 bits per heavy atom. The molecule has 0 saturated heterocycles. The van der Waals surface area contributed by atoms with Gasteiger partial charge in [0.1, 0.15) is 0 Å². The number of halogens is 1. The van der Waals surface area contributed by atoms with Crippen molar-refractivity contribution in [1.29, 1.82) is 0 Å². The number of nitrogens with one attached hydrogen (secondary N) is 1. The molecule has 0 aliphatic rings. The van der Waals surface area contributed by atoms with E-state index in [4.69, 9.17) is 4.52 Å². The average Bonchev–Trinajstić information content (AvgIpc) is 3.03. The van der Waals surface area contributed by atoms with E-state index in [1.165, 1.54) is 11.8 Å². The van der Waals surface area contributed by atoms with Crippen LogP contribution >= 0.6 is 15.9 Å². The maximum Gasteiger partial charge on any atom is 0.209 e. The van der Waals surface area contributed by atoms with E-state index in [0.717, 1.165) is 28.4 Å². The van der Waals surface area contributed by atoms with Crippen LogP contribution in [-0.2, 0) is 16.4 Å². The van der Waals surface area contributed by atoms with Gasteiger partial charge in [-0.15, -0.1) is 0 Å². The van der Waals surface area contributed by atoms with Gasteiger partial charge in [0.25, 0.3) is 0 Å². The minimum atomic E-state index is -3.39. The Bertz CT molecular complexity index is 1020. The summed E-state index contributed by atoms with van der Waals surface area (Å²) in [6.45, 7) is 1.84. The molecular weight excluding hydrogens is 440 g/mol. The first-order valence-electron chi connectivity index (χ1n) is 9.07. The Balaban J connectivity index is 1.87. The Morgan fingerprint density at radius 3 is 2.43 bits per heavy atom. The Labute approximate surface area is 174 Å². The molecule has 1 heterocycles. The number of aromatic nitrogens is 1. The third-order valence-corrected chi connectivity index (χ3v) is 5.76. The van der Waals surface area contributed by atoms with Crippen molar-refractivity contribution in [2.24, 2.45) is 0 Å². The van der Waals surface area contributed by atoms with Crippen molar-refractivity contribution in [3.63, 3.8) is 0 Å². The summed E-state index contributed by atoms with van der Waals surface area (Å²) in [5.74, 6) is 0.603. The molecule has 1 atom stereocenters. The molecule has 2 aromatic carbocycles. The van der Waals surface area contributed by atoms with Crippen molar-refractivity contribution < 1.29 is 12.9 Å². The van der Waals surface area contributed by atoms with Crippen LogP contribution in [0.2, 0.25) is 0 Å². The van der Waals surface area contributed by atoms with Crippen molar-refractivity contribution in [3.8, 4) is 11.3 Å². The summed E-state index contributed by atoms with van der Waals surface area (Å²) in [6, 6.07) is 17.5. The number of aryl methyl sites for hydroxylation is 2. The van der Waals surface area contributed by atoms with E-state index in [0.29, 0.717) is 17.9 Å². The van der Waals surface area contributed by atoms with Crippen LogP contribution in [0, 0.1) is 6.92 Å². The van der Waals surface area contributed by atoms with Crippen LogP contribution in [0.15, 0.2) is 63.6 Å². The van der Waals surface area contributed by atoms with Crippen molar-refractivity contribution in [2.75, 3.05) is 6.26 Å². The number of benzene rings is 2. The molecule has 0 bridgehead atoms. The van der Waals surface area contributed by atoms with Gasteiger partial charge in [0, 0.05) is 15.6 Å². The second-order valence-corrected chi connectivity index (χ2v) is 9.53. The Morgan fingerprint density at radius 2 is 1.79 bits per heavy atom. The molecule has 148 valence electrons. The monoisotopic (exact) mass is 462 g/mol. The number of hydrogen-bond acceptors (Lipinski definition) is 4. The number of rotatable bonds is 8. The Hall–Kier alpha value is -1.96. The molecule has 28 heavy (non-hydrogen) atoms. The second-order valence-electron chi connectivity index (χ2n) is 6.84. The largest absolute Gasteiger partial charge is 0.356 e. The lowest BCUT2D eigenvalue weighted by Crippen LogP contribution is -2.28. The minimum absolute atomic E-state index is 0.399. The highest BCUT2D eigenvalue weighted by Crippen LogP contribution is 2.34.